The fourth-order valence-electron chi connectivity index (χ4n) is 2.68. The first-order valence-corrected chi connectivity index (χ1v) is 12.6. The number of benzene rings is 2. The van der Waals surface area contributed by atoms with Crippen LogP contribution in [0.25, 0.3) is 0 Å². The third-order valence-electron chi connectivity index (χ3n) is 4.37. The van der Waals surface area contributed by atoms with Gasteiger partial charge in [0.15, 0.2) is 0 Å². The van der Waals surface area contributed by atoms with Crippen molar-refractivity contribution >= 4 is 50.3 Å². The van der Waals surface area contributed by atoms with Gasteiger partial charge in [-0.05, 0) is 36.4 Å². The number of carboxylic acid groups (broad SMARTS) is 1. The van der Waals surface area contributed by atoms with E-state index in [1.54, 1.807) is 35.8 Å². The monoisotopic (exact) mass is 492 g/mol. The van der Waals surface area contributed by atoms with E-state index in [1.807, 2.05) is 6.07 Å². The number of sulfone groups is 1. The molecule has 3 aromatic rings. The molecule has 2 aromatic carbocycles. The highest BCUT2D eigenvalue weighted by Gasteiger charge is 2.49. The summed E-state index contributed by atoms with van der Waals surface area (Å²) in [5.74, 6) is -1.70. The second-order valence-electron chi connectivity index (χ2n) is 6.69. The Bertz CT molecular complexity index is 1170. The molecule has 12 heteroatoms. The van der Waals surface area contributed by atoms with Crippen LogP contribution in [0.1, 0.15) is 6.42 Å². The zero-order valence-corrected chi connectivity index (χ0v) is 19.1. The van der Waals surface area contributed by atoms with Crippen LogP contribution in [-0.4, -0.2) is 46.3 Å². The fraction of sp³-hybridized carbons (Fsp3) is 0.200. The molecule has 0 amide bonds. The van der Waals surface area contributed by atoms with Crippen LogP contribution >= 0.6 is 23.1 Å². The fourth-order valence-corrected chi connectivity index (χ4v) is 5.83. The van der Waals surface area contributed by atoms with Crippen LogP contribution < -0.4 is 5.73 Å². The van der Waals surface area contributed by atoms with Gasteiger partial charge in [-0.25, -0.2) is 18.2 Å². The molecule has 0 fully saturated rings. The smallest absolute Gasteiger partial charge is 0.340 e. The van der Waals surface area contributed by atoms with Crippen LogP contribution in [0.2, 0.25) is 0 Å². The Morgan fingerprint density at radius 1 is 1.12 bits per heavy atom. The molecule has 0 aliphatic heterocycles. The normalized spacial score (nSPS) is 14.8. The van der Waals surface area contributed by atoms with E-state index in [0.29, 0.717) is 15.7 Å². The molecular formula is C20H20N4O5S3. The molecule has 0 bridgehead atoms. The number of aliphatic carboxylic acids is 1. The minimum atomic E-state index is -4.53. The van der Waals surface area contributed by atoms with Gasteiger partial charge in [-0.3, -0.25) is 0 Å². The molecule has 2 atom stereocenters. The second kappa shape index (κ2) is 10.3. The molecule has 0 spiro atoms. The Morgan fingerprint density at radius 2 is 1.75 bits per heavy atom. The number of thioether (sulfide) groups is 1. The van der Waals surface area contributed by atoms with E-state index in [-0.39, 0.29) is 10.6 Å². The summed E-state index contributed by atoms with van der Waals surface area (Å²) in [5, 5.41) is 29.7. The maximum atomic E-state index is 13.1. The number of nitrogens with zero attached hydrogens (tertiary/aromatic N) is 3. The van der Waals surface area contributed by atoms with Crippen molar-refractivity contribution in [1.29, 1.82) is 0 Å². The van der Waals surface area contributed by atoms with Crippen LogP contribution in [0.3, 0.4) is 0 Å². The molecule has 168 valence electrons. The number of aliphatic hydroxyl groups is 1. The number of thiazole rings is 1. The van der Waals surface area contributed by atoms with Gasteiger partial charge in [0.1, 0.15) is 4.34 Å². The van der Waals surface area contributed by atoms with E-state index >= 15 is 0 Å². The largest absolute Gasteiger partial charge is 0.479 e. The predicted molar refractivity (Wildman–Crippen MR) is 122 cm³/mol. The summed E-state index contributed by atoms with van der Waals surface area (Å²) in [6.45, 7) is 0. The van der Waals surface area contributed by atoms with Crippen LogP contribution in [-0.2, 0) is 14.6 Å². The Hall–Kier alpha value is -2.64. The average molecular weight is 493 g/mol. The third-order valence-corrected chi connectivity index (χ3v) is 8.68. The standard InChI is InChI=1S/C20H20N4O5S3/c21-20(18(26)27,12-16(25)13-31-19-22-10-11-30-19)32(28,29)17-8-6-15(7-9-17)24-23-14-4-2-1-3-5-14/h1-11,16,25H,12-13,21H2,(H,26,27). The molecule has 0 saturated heterocycles. The highest BCUT2D eigenvalue weighted by atomic mass is 32.2. The predicted octanol–water partition coefficient (Wildman–Crippen LogP) is 3.62. The van der Waals surface area contributed by atoms with E-state index < -0.39 is 33.2 Å². The summed E-state index contributed by atoms with van der Waals surface area (Å²) in [7, 11) is -4.53. The van der Waals surface area contributed by atoms with Crippen molar-refractivity contribution in [2.75, 3.05) is 5.75 Å². The molecule has 9 nitrogen and oxygen atoms in total. The zero-order chi connectivity index (χ0) is 23.2. The third kappa shape index (κ3) is 5.58. The summed E-state index contributed by atoms with van der Waals surface area (Å²) in [5.41, 5.74) is 6.87. The van der Waals surface area contributed by atoms with Crippen molar-refractivity contribution in [3.8, 4) is 0 Å². The Labute approximate surface area is 193 Å². The first kappa shape index (κ1) is 24.0. The van der Waals surface area contributed by atoms with Crippen LogP contribution in [0.4, 0.5) is 11.4 Å². The lowest BCUT2D eigenvalue weighted by Crippen LogP contribution is -2.56. The van der Waals surface area contributed by atoms with Crippen molar-refractivity contribution in [3.05, 3.63) is 66.2 Å². The topological polar surface area (TPSA) is 155 Å². The number of carboxylic acids is 1. The lowest BCUT2D eigenvalue weighted by Gasteiger charge is -2.27. The molecule has 3 rings (SSSR count). The maximum Gasteiger partial charge on any atom is 0.340 e. The number of rotatable bonds is 10. The molecule has 1 aromatic heterocycles. The van der Waals surface area contributed by atoms with Gasteiger partial charge in [-0.1, -0.05) is 30.0 Å². The highest BCUT2D eigenvalue weighted by Crippen LogP contribution is 2.30. The minimum absolute atomic E-state index is 0.0497. The molecule has 2 unspecified atom stereocenters. The van der Waals surface area contributed by atoms with Gasteiger partial charge < -0.3 is 15.9 Å². The number of nitrogens with two attached hydrogens (primary N) is 1. The van der Waals surface area contributed by atoms with Gasteiger partial charge in [0.05, 0.1) is 22.4 Å². The lowest BCUT2D eigenvalue weighted by molar-refractivity contribution is -0.140. The summed E-state index contributed by atoms with van der Waals surface area (Å²) >= 11 is 2.54. The van der Waals surface area contributed by atoms with Gasteiger partial charge in [0, 0.05) is 23.8 Å². The first-order chi connectivity index (χ1) is 15.2. The van der Waals surface area contributed by atoms with Gasteiger partial charge in [0.2, 0.25) is 14.7 Å². The van der Waals surface area contributed by atoms with Crippen LogP contribution in [0, 0.1) is 0 Å². The quantitative estimate of drug-likeness (QED) is 0.286. The highest BCUT2D eigenvalue weighted by molar-refractivity contribution is 8.01. The zero-order valence-electron chi connectivity index (χ0n) is 16.6. The maximum absolute atomic E-state index is 13.1. The Kier molecular flexibility index (Phi) is 7.74. The molecule has 4 N–H and O–H groups in total. The van der Waals surface area contributed by atoms with E-state index in [1.165, 1.54) is 47.4 Å². The van der Waals surface area contributed by atoms with Crippen molar-refractivity contribution in [2.24, 2.45) is 16.0 Å². The Balaban J connectivity index is 1.76. The number of azo groups is 1. The summed E-state index contributed by atoms with van der Waals surface area (Å²) < 4.78 is 26.8. The number of carbonyl (C=O) groups is 1. The molecule has 0 aliphatic carbocycles. The number of hydrogen-bond donors (Lipinski definition) is 3. The van der Waals surface area contributed by atoms with Gasteiger partial charge in [0.25, 0.3) is 0 Å². The average Bonchev–Trinajstić information content (AvgIpc) is 3.31. The van der Waals surface area contributed by atoms with E-state index in [9.17, 15) is 23.4 Å². The first-order valence-electron chi connectivity index (χ1n) is 9.26. The molecule has 0 saturated carbocycles. The SMILES string of the molecule is NC(CC(O)CSc1nccs1)(C(=O)O)S(=O)(=O)c1ccc(N=Nc2ccccc2)cc1. The van der Waals surface area contributed by atoms with Crippen molar-refractivity contribution in [2.45, 2.75) is 26.6 Å². The number of aromatic nitrogens is 1. The van der Waals surface area contributed by atoms with Crippen molar-refractivity contribution < 1.29 is 23.4 Å². The molecular weight excluding hydrogens is 472 g/mol. The minimum Gasteiger partial charge on any atom is -0.479 e. The number of hydrogen-bond acceptors (Lipinski definition) is 10. The van der Waals surface area contributed by atoms with E-state index in [4.69, 9.17) is 5.73 Å². The van der Waals surface area contributed by atoms with E-state index in [0.717, 1.165) is 0 Å². The molecule has 0 radical (unpaired) electrons. The van der Waals surface area contributed by atoms with E-state index in [2.05, 4.69) is 15.2 Å². The lowest BCUT2D eigenvalue weighted by atomic mass is 10.1. The summed E-state index contributed by atoms with van der Waals surface area (Å²) in [6.07, 6.45) is -0.366. The van der Waals surface area contributed by atoms with Crippen molar-refractivity contribution in [1.82, 2.24) is 4.98 Å². The molecule has 0 aliphatic rings. The van der Waals surface area contributed by atoms with Crippen LogP contribution in [0.15, 0.2) is 85.6 Å². The Morgan fingerprint density at radius 3 is 2.31 bits per heavy atom. The summed E-state index contributed by atoms with van der Waals surface area (Å²) in [4.78, 5) is 12.9. The van der Waals surface area contributed by atoms with Gasteiger partial charge >= 0.3 is 5.97 Å². The van der Waals surface area contributed by atoms with Crippen LogP contribution in [0.5, 0.6) is 0 Å². The summed E-state index contributed by atoms with van der Waals surface area (Å²) in [6, 6.07) is 14.2. The molecule has 1 heterocycles. The molecule has 32 heavy (non-hydrogen) atoms. The van der Waals surface area contributed by atoms with Crippen molar-refractivity contribution in [3.63, 3.8) is 0 Å². The van der Waals surface area contributed by atoms with Gasteiger partial charge in [-0.15, -0.1) is 11.3 Å². The van der Waals surface area contributed by atoms with Gasteiger partial charge in [-0.2, -0.15) is 10.2 Å². The number of aliphatic hydroxyl groups excluding tert-OH is 1. The second-order valence-corrected chi connectivity index (χ2v) is 11.1.